The van der Waals surface area contributed by atoms with Gasteiger partial charge in [0.05, 0.1) is 36.2 Å². The molecule has 0 unspecified atom stereocenters. The highest BCUT2D eigenvalue weighted by Crippen LogP contribution is 2.58. The fourth-order valence-electron chi connectivity index (χ4n) is 4.17. The van der Waals surface area contributed by atoms with Crippen LogP contribution in [0.25, 0.3) is 0 Å². The van der Waals surface area contributed by atoms with Crippen LogP contribution in [-0.4, -0.2) is 0 Å². The summed E-state index contributed by atoms with van der Waals surface area (Å²) < 4.78 is 211. The second-order valence-corrected chi connectivity index (χ2v) is 10.6. The van der Waals surface area contributed by atoms with Crippen molar-refractivity contribution in [2.24, 2.45) is 0 Å². The van der Waals surface area contributed by atoms with E-state index < -0.39 is 122 Å². The summed E-state index contributed by atoms with van der Waals surface area (Å²) in [5.41, 5.74) is -19.4. The van der Waals surface area contributed by atoms with Gasteiger partial charge in [-0.3, -0.25) is 0 Å². The third-order valence-electron chi connectivity index (χ3n) is 5.93. The van der Waals surface area contributed by atoms with Gasteiger partial charge in [-0.05, 0) is 0 Å². The van der Waals surface area contributed by atoms with Gasteiger partial charge >= 0.3 is 18.5 Å². The smallest absolute Gasteiger partial charge is 0.205 e. The van der Waals surface area contributed by atoms with E-state index in [1.165, 1.54) is 0 Å². The molecule has 1 nitrogen and oxygen atoms in total. The van der Waals surface area contributed by atoms with E-state index in [1.54, 1.807) is 0 Å². The summed E-state index contributed by atoms with van der Waals surface area (Å²) >= 11 is 33.8. The van der Waals surface area contributed by atoms with Gasteiger partial charge < -0.3 is 0 Å². The van der Waals surface area contributed by atoms with Gasteiger partial charge in [0.2, 0.25) is 0 Å². The van der Waals surface area contributed by atoms with Crippen LogP contribution in [0.1, 0.15) is 33.4 Å². The summed E-state index contributed by atoms with van der Waals surface area (Å²) in [6, 6.07) is 0.797. The van der Waals surface area contributed by atoms with Gasteiger partial charge in [-0.25, -0.2) is 26.3 Å². The highest BCUT2D eigenvalue weighted by molar-refractivity contribution is 6.40. The van der Waals surface area contributed by atoms with Crippen molar-refractivity contribution in [1.82, 2.24) is 0 Å². The fraction of sp³-hybridized carbons (Fsp3) is 0.174. The van der Waals surface area contributed by atoms with Crippen LogP contribution >= 0.6 is 69.6 Å². The number of nitrogens with zero attached hydrogens (tertiary/aromatic N) is 1. The van der Waals surface area contributed by atoms with Crippen LogP contribution in [0.4, 0.5) is 65.9 Å². The fourth-order valence-corrected chi connectivity index (χ4v) is 6.30. The quantitative estimate of drug-likeness (QED) is 0.147. The lowest BCUT2D eigenvalue weighted by Crippen LogP contribution is -2.34. The highest BCUT2D eigenvalue weighted by atomic mass is 35.5. The minimum atomic E-state index is -6.01. The first kappa shape index (κ1) is 37.3. The molecule has 0 amide bonds. The zero-order chi connectivity index (χ0) is 35.1. The monoisotopic (exact) mass is 785 g/mol. The van der Waals surface area contributed by atoms with E-state index >= 15 is 26.3 Å². The van der Waals surface area contributed by atoms with Crippen LogP contribution in [0, 0.1) is 46.2 Å². The molecule has 0 aliphatic carbocycles. The van der Waals surface area contributed by atoms with Crippen molar-refractivity contribution in [1.29, 1.82) is 5.26 Å². The zero-order valence-electron chi connectivity index (χ0n) is 19.9. The van der Waals surface area contributed by atoms with Crippen LogP contribution < -0.4 is 0 Å². The van der Waals surface area contributed by atoms with E-state index in [9.17, 15) is 44.8 Å². The molecule has 0 N–H and O–H groups in total. The van der Waals surface area contributed by atoms with Crippen molar-refractivity contribution in [2.75, 3.05) is 0 Å². The van der Waals surface area contributed by atoms with E-state index in [4.69, 9.17) is 69.6 Å². The molecular formula is C23Cl6F15N. The Hall–Kier alpha value is -2.16. The molecule has 22 heteroatoms. The third-order valence-corrected chi connectivity index (χ3v) is 8.06. The molecule has 0 spiro atoms. The Kier molecular flexibility index (Phi) is 9.80. The lowest BCUT2D eigenvalue weighted by atomic mass is 9.69. The summed E-state index contributed by atoms with van der Waals surface area (Å²) in [4.78, 5) is 0. The molecule has 3 rings (SSSR count). The predicted octanol–water partition coefficient (Wildman–Crippen LogP) is 12.4. The van der Waals surface area contributed by atoms with Gasteiger partial charge in [-0.15, -0.1) is 0 Å². The van der Waals surface area contributed by atoms with Gasteiger partial charge in [0.15, 0.2) is 34.9 Å². The van der Waals surface area contributed by atoms with Crippen molar-refractivity contribution < 1.29 is 65.9 Å². The summed E-state index contributed by atoms with van der Waals surface area (Å²) in [6.45, 7) is 0. The Balaban J connectivity index is 2.90. The van der Waals surface area contributed by atoms with Gasteiger partial charge in [0, 0.05) is 16.7 Å². The number of hydrogen-bond acceptors (Lipinski definition) is 1. The van der Waals surface area contributed by atoms with Crippen LogP contribution in [0.3, 0.4) is 0 Å². The van der Waals surface area contributed by atoms with Crippen molar-refractivity contribution in [3.63, 3.8) is 0 Å². The van der Waals surface area contributed by atoms with Gasteiger partial charge in [-0.1, -0.05) is 69.6 Å². The maximum atomic E-state index is 15.1. The lowest BCUT2D eigenvalue weighted by Gasteiger charge is -2.35. The average molecular weight is 788 g/mol. The molecule has 45 heavy (non-hydrogen) atoms. The SMILES string of the molecule is N#CC(c1c(Cl)c(F)c(C(F)(F)F)c(F)c1Cl)(c1c(Cl)c(F)c(C(F)(F)F)c(F)c1Cl)c1c(Cl)c(F)c(C(F)(F)F)c(F)c1Cl. The van der Waals surface area contributed by atoms with E-state index in [2.05, 4.69) is 0 Å². The molecule has 3 aromatic carbocycles. The average Bonchev–Trinajstić information content (AvgIpc) is 2.87. The summed E-state index contributed by atoms with van der Waals surface area (Å²) in [5, 5.41) is -2.96. The molecule has 0 saturated carbocycles. The largest absolute Gasteiger partial charge is 0.422 e. The Bertz CT molecular complexity index is 1520. The molecule has 0 fully saturated rings. The van der Waals surface area contributed by atoms with Crippen LogP contribution in [0.2, 0.25) is 30.1 Å². The van der Waals surface area contributed by atoms with E-state index in [0.29, 0.717) is 0 Å². The molecule has 0 aromatic heterocycles. The number of halogens is 21. The Labute approximate surface area is 268 Å². The standard InChI is InChI=1S/C23Cl6F15N/c24-8-2(9(25)15(31)5(14(8)30)21(36,37)38)20(1-45,3-10(26)16(32)6(22(39,40)41)17(33)11(3)27)4-12(28)18(34)7(23(42,43)44)19(35)13(4)29. The van der Waals surface area contributed by atoms with Crippen molar-refractivity contribution >= 4 is 69.6 Å². The molecule has 0 aliphatic rings. The summed E-state index contributed by atoms with van der Waals surface area (Å²) in [7, 11) is 0. The molecule has 3 aromatic rings. The number of rotatable bonds is 3. The van der Waals surface area contributed by atoms with Gasteiger partial charge in [0.25, 0.3) is 0 Å². The minimum Gasteiger partial charge on any atom is -0.205 e. The topological polar surface area (TPSA) is 23.8 Å². The number of benzene rings is 3. The second-order valence-electron chi connectivity index (χ2n) is 8.37. The van der Waals surface area contributed by atoms with Crippen LogP contribution in [0.5, 0.6) is 0 Å². The van der Waals surface area contributed by atoms with Crippen molar-refractivity contribution in [3.8, 4) is 6.07 Å². The number of alkyl halides is 9. The molecule has 0 aliphatic heterocycles. The molecule has 0 saturated heterocycles. The molecule has 0 radical (unpaired) electrons. The zero-order valence-corrected chi connectivity index (χ0v) is 24.4. The Morgan fingerprint density at radius 2 is 0.511 bits per heavy atom. The van der Waals surface area contributed by atoms with Crippen molar-refractivity contribution in [2.45, 2.75) is 23.9 Å². The summed E-state index contributed by atoms with van der Waals surface area (Å²) in [6.07, 6.45) is -18.0. The second kappa shape index (κ2) is 11.8. The number of nitriles is 1. The maximum absolute atomic E-state index is 15.1. The normalized spacial score (nSPS) is 13.0. The summed E-state index contributed by atoms with van der Waals surface area (Å²) in [5.74, 6) is -17.5. The molecule has 244 valence electrons. The van der Waals surface area contributed by atoms with E-state index in [0.717, 1.165) is 6.07 Å². The molecular weight excluding hydrogens is 788 g/mol. The van der Waals surface area contributed by atoms with E-state index in [-0.39, 0.29) is 0 Å². The Morgan fingerprint density at radius 3 is 0.622 bits per heavy atom. The highest BCUT2D eigenvalue weighted by Gasteiger charge is 2.55. The maximum Gasteiger partial charge on any atom is 0.422 e. The van der Waals surface area contributed by atoms with Crippen LogP contribution in [0.15, 0.2) is 0 Å². The first-order chi connectivity index (χ1) is 20.2. The minimum absolute atomic E-state index is 0.797. The van der Waals surface area contributed by atoms with Gasteiger partial charge in [-0.2, -0.15) is 44.8 Å². The molecule has 0 bridgehead atoms. The molecule has 0 heterocycles. The lowest BCUT2D eigenvalue weighted by molar-refractivity contribution is -0.143. The third kappa shape index (κ3) is 5.61. The first-order valence-electron chi connectivity index (χ1n) is 10.4. The van der Waals surface area contributed by atoms with Crippen molar-refractivity contribution in [3.05, 3.63) is 98.4 Å². The number of hydrogen-bond donors (Lipinski definition) is 0. The van der Waals surface area contributed by atoms with Crippen LogP contribution in [-0.2, 0) is 23.9 Å². The first-order valence-corrected chi connectivity index (χ1v) is 12.7. The van der Waals surface area contributed by atoms with Gasteiger partial charge in [0.1, 0.15) is 22.1 Å². The van der Waals surface area contributed by atoms with E-state index in [1.807, 2.05) is 0 Å². The molecule has 0 atom stereocenters. The Morgan fingerprint density at radius 1 is 0.356 bits per heavy atom. The predicted molar refractivity (Wildman–Crippen MR) is 130 cm³/mol.